The van der Waals surface area contributed by atoms with Crippen LogP contribution < -0.4 is 0 Å². The van der Waals surface area contributed by atoms with Crippen molar-refractivity contribution in [1.82, 2.24) is 0 Å². The first-order valence-electron chi connectivity index (χ1n) is 11.1. The van der Waals surface area contributed by atoms with Crippen molar-refractivity contribution in [2.45, 2.75) is 77.0 Å². The van der Waals surface area contributed by atoms with Gasteiger partial charge in [0.1, 0.15) is 5.82 Å². The van der Waals surface area contributed by atoms with Crippen LogP contribution in [-0.2, 0) is 0 Å². The quantitative estimate of drug-likeness (QED) is 0.453. The van der Waals surface area contributed by atoms with Gasteiger partial charge in [-0.1, -0.05) is 51.2 Å². The summed E-state index contributed by atoms with van der Waals surface area (Å²) in [7, 11) is 0. The lowest BCUT2D eigenvalue weighted by molar-refractivity contribution is 0.113. The van der Waals surface area contributed by atoms with E-state index in [2.05, 4.69) is 6.92 Å². The minimum atomic E-state index is -1.08. The van der Waals surface area contributed by atoms with Crippen molar-refractivity contribution in [2.24, 2.45) is 17.8 Å². The van der Waals surface area contributed by atoms with Crippen molar-refractivity contribution in [3.8, 4) is 0 Å². The molecule has 0 bridgehead atoms. The molecule has 2 aliphatic rings. The lowest BCUT2D eigenvalue weighted by Crippen LogP contribution is -2.30. The summed E-state index contributed by atoms with van der Waals surface area (Å²) < 4.78 is 42.0. The fraction of sp³-hybridized carbons (Fsp3) is 0.600. The van der Waals surface area contributed by atoms with Crippen molar-refractivity contribution in [1.29, 1.82) is 0 Å². The molecule has 0 nitrogen and oxygen atoms in total. The van der Waals surface area contributed by atoms with E-state index in [-0.39, 0.29) is 5.39 Å². The zero-order valence-corrected chi connectivity index (χ0v) is 16.8. The topological polar surface area (TPSA) is 0 Å². The Balaban J connectivity index is 1.46. The molecule has 0 spiro atoms. The Morgan fingerprint density at radius 1 is 0.857 bits per heavy atom. The van der Waals surface area contributed by atoms with Crippen LogP contribution in [0.1, 0.15) is 82.6 Å². The van der Waals surface area contributed by atoms with E-state index < -0.39 is 17.5 Å². The van der Waals surface area contributed by atoms with Crippen LogP contribution in [-0.4, -0.2) is 0 Å². The summed E-state index contributed by atoms with van der Waals surface area (Å²) in [5, 5.41) is 0.251. The number of benzene rings is 2. The molecule has 0 radical (unpaired) electrons. The average Bonchev–Trinajstić information content (AvgIpc) is 2.70. The molecule has 0 amide bonds. The minimum Gasteiger partial charge on any atom is -0.206 e. The monoisotopic (exact) mass is 388 g/mol. The van der Waals surface area contributed by atoms with Gasteiger partial charge >= 0.3 is 0 Å². The smallest absolute Gasteiger partial charge is 0.169 e. The maximum Gasteiger partial charge on any atom is 0.169 e. The van der Waals surface area contributed by atoms with E-state index in [1.807, 2.05) is 6.07 Å². The molecular formula is C25H31F3. The zero-order chi connectivity index (χ0) is 19.7. The standard InChI is InChI=1S/C25H31F3/c1-2-3-4-5-16-6-7-18-13-19(9-8-17(18)12-16)21-14-20-10-11-22(26)25(28)24(20)23(27)15-21/h10-11,14-19H,2-9,12-13H2,1H3/t16-,17?,18-,19?/m1/s1. The van der Waals surface area contributed by atoms with Crippen LogP contribution in [0.25, 0.3) is 10.8 Å². The molecule has 3 heteroatoms. The van der Waals surface area contributed by atoms with Crippen molar-refractivity contribution in [2.75, 3.05) is 0 Å². The predicted molar refractivity (Wildman–Crippen MR) is 109 cm³/mol. The molecule has 2 fully saturated rings. The normalized spacial score (nSPS) is 27.7. The Kier molecular flexibility index (Phi) is 5.99. The second-order valence-electron chi connectivity index (χ2n) is 9.17. The Morgan fingerprint density at radius 2 is 1.64 bits per heavy atom. The summed E-state index contributed by atoms with van der Waals surface area (Å²) in [4.78, 5) is 0. The average molecular weight is 389 g/mol. The summed E-state index contributed by atoms with van der Waals surface area (Å²) in [6.07, 6.45) is 12.8. The van der Waals surface area contributed by atoms with Crippen molar-refractivity contribution < 1.29 is 13.2 Å². The first-order valence-corrected chi connectivity index (χ1v) is 11.1. The van der Waals surface area contributed by atoms with Crippen LogP contribution in [0.4, 0.5) is 13.2 Å². The molecular weight excluding hydrogens is 357 g/mol. The lowest BCUT2D eigenvalue weighted by atomic mass is 9.63. The first kappa shape index (κ1) is 19.8. The Morgan fingerprint density at radius 3 is 2.46 bits per heavy atom. The molecule has 2 aromatic carbocycles. The third-order valence-electron chi connectivity index (χ3n) is 7.39. The highest BCUT2D eigenvalue weighted by molar-refractivity contribution is 5.84. The van der Waals surface area contributed by atoms with E-state index >= 15 is 0 Å². The Hall–Kier alpha value is -1.51. The van der Waals surface area contributed by atoms with Gasteiger partial charge in [0.05, 0.1) is 5.39 Å². The van der Waals surface area contributed by atoms with Crippen LogP contribution in [0.5, 0.6) is 0 Å². The molecule has 2 unspecified atom stereocenters. The Labute approximate surface area is 166 Å². The maximum absolute atomic E-state index is 14.6. The second kappa shape index (κ2) is 8.47. The highest BCUT2D eigenvalue weighted by Gasteiger charge is 2.36. The molecule has 28 heavy (non-hydrogen) atoms. The molecule has 2 aromatic rings. The number of fused-ring (bicyclic) bond motifs is 2. The number of rotatable bonds is 5. The van der Waals surface area contributed by atoms with Crippen LogP contribution >= 0.6 is 0 Å². The largest absolute Gasteiger partial charge is 0.206 e. The predicted octanol–water partition coefficient (Wildman–Crippen LogP) is 8.14. The molecule has 152 valence electrons. The number of hydrogen-bond acceptors (Lipinski definition) is 0. The molecule has 4 rings (SSSR count). The molecule has 0 aliphatic heterocycles. The van der Waals surface area contributed by atoms with Crippen molar-refractivity contribution in [3.05, 3.63) is 47.3 Å². The summed E-state index contributed by atoms with van der Waals surface area (Å²) in [5.74, 6) is 0.108. The van der Waals surface area contributed by atoms with Gasteiger partial charge in [0.2, 0.25) is 0 Å². The van der Waals surface area contributed by atoms with Crippen molar-refractivity contribution in [3.63, 3.8) is 0 Å². The lowest BCUT2D eigenvalue weighted by Gasteiger charge is -2.42. The van der Waals surface area contributed by atoms with Gasteiger partial charge in [-0.3, -0.25) is 0 Å². The van der Waals surface area contributed by atoms with Gasteiger partial charge in [-0.2, -0.15) is 0 Å². The first-order chi connectivity index (χ1) is 13.6. The summed E-state index contributed by atoms with van der Waals surface area (Å²) in [5.41, 5.74) is 0.958. The molecule has 4 atom stereocenters. The van der Waals surface area contributed by atoms with Gasteiger partial charge in [-0.25, -0.2) is 13.2 Å². The van der Waals surface area contributed by atoms with Gasteiger partial charge < -0.3 is 0 Å². The van der Waals surface area contributed by atoms with E-state index in [1.165, 1.54) is 63.5 Å². The molecule has 0 saturated heterocycles. The summed E-state index contributed by atoms with van der Waals surface area (Å²) >= 11 is 0. The van der Waals surface area contributed by atoms with E-state index in [1.54, 1.807) is 0 Å². The summed E-state index contributed by atoms with van der Waals surface area (Å²) in [6, 6.07) is 5.92. The third kappa shape index (κ3) is 3.95. The second-order valence-corrected chi connectivity index (χ2v) is 9.17. The molecule has 0 N–H and O–H groups in total. The molecule has 0 aromatic heterocycles. The Bertz CT molecular complexity index is 828. The van der Waals surface area contributed by atoms with Crippen LogP contribution in [0, 0.1) is 35.2 Å². The highest BCUT2D eigenvalue weighted by atomic mass is 19.2. The number of hydrogen-bond donors (Lipinski definition) is 0. The molecule has 0 heterocycles. The fourth-order valence-electron chi connectivity index (χ4n) is 5.84. The molecule has 2 saturated carbocycles. The highest BCUT2D eigenvalue weighted by Crippen LogP contribution is 2.48. The van der Waals surface area contributed by atoms with Gasteiger partial charge in [0, 0.05) is 0 Å². The van der Waals surface area contributed by atoms with E-state index in [4.69, 9.17) is 0 Å². The fourth-order valence-corrected chi connectivity index (χ4v) is 5.84. The van der Waals surface area contributed by atoms with Gasteiger partial charge in [0.15, 0.2) is 11.6 Å². The minimum absolute atomic E-state index is 0.218. The van der Waals surface area contributed by atoms with Gasteiger partial charge in [-0.15, -0.1) is 0 Å². The number of unbranched alkanes of at least 4 members (excludes halogenated alkanes) is 2. The van der Waals surface area contributed by atoms with Crippen LogP contribution in [0.15, 0.2) is 24.3 Å². The van der Waals surface area contributed by atoms with E-state index in [0.717, 1.165) is 42.2 Å². The number of halogens is 3. The van der Waals surface area contributed by atoms with Crippen molar-refractivity contribution >= 4 is 10.8 Å². The third-order valence-corrected chi connectivity index (χ3v) is 7.39. The van der Waals surface area contributed by atoms with E-state index in [9.17, 15) is 13.2 Å². The molecule has 2 aliphatic carbocycles. The van der Waals surface area contributed by atoms with Crippen LogP contribution in [0.2, 0.25) is 0 Å². The van der Waals surface area contributed by atoms with Crippen LogP contribution in [0.3, 0.4) is 0 Å². The maximum atomic E-state index is 14.6. The SMILES string of the molecule is CCCCC[C@@H]1CC[C@@H]2CC(c3cc(F)c4c(F)c(F)ccc4c3)CCC2C1. The van der Waals surface area contributed by atoms with E-state index in [0.29, 0.717) is 11.3 Å². The zero-order valence-electron chi connectivity index (χ0n) is 16.8. The summed E-state index contributed by atoms with van der Waals surface area (Å²) in [6.45, 7) is 2.26. The van der Waals surface area contributed by atoms with Gasteiger partial charge in [-0.05, 0) is 78.9 Å². The van der Waals surface area contributed by atoms with Gasteiger partial charge in [0.25, 0.3) is 0 Å².